The molecule has 2 amide bonds. The summed E-state index contributed by atoms with van der Waals surface area (Å²) < 4.78 is 32.4. The summed E-state index contributed by atoms with van der Waals surface area (Å²) in [6, 6.07) is 8.05. The maximum Gasteiger partial charge on any atom is 0.309 e. The SMILES string of the molecule is CC(C)CNC(=O)C(=O)NC[C@H]1OCCCN1S(=O)(=O)c1ccccc1. The first-order valence-corrected chi connectivity index (χ1v) is 10.0. The van der Waals surface area contributed by atoms with Gasteiger partial charge in [-0.15, -0.1) is 0 Å². The van der Waals surface area contributed by atoms with E-state index in [4.69, 9.17) is 4.74 Å². The Morgan fingerprint density at radius 3 is 2.50 bits per heavy atom. The maximum absolute atomic E-state index is 12.8. The van der Waals surface area contributed by atoms with Crippen LogP contribution in [0.5, 0.6) is 0 Å². The lowest BCUT2D eigenvalue weighted by molar-refractivity contribution is -0.140. The van der Waals surface area contributed by atoms with Gasteiger partial charge in [-0.3, -0.25) is 9.59 Å². The van der Waals surface area contributed by atoms with Crippen molar-refractivity contribution in [1.29, 1.82) is 0 Å². The van der Waals surface area contributed by atoms with Crippen molar-refractivity contribution in [2.75, 3.05) is 26.2 Å². The van der Waals surface area contributed by atoms with Gasteiger partial charge in [-0.2, -0.15) is 4.31 Å². The van der Waals surface area contributed by atoms with Crippen LogP contribution in [0.25, 0.3) is 0 Å². The van der Waals surface area contributed by atoms with Crippen molar-refractivity contribution in [2.45, 2.75) is 31.4 Å². The van der Waals surface area contributed by atoms with Crippen molar-refractivity contribution >= 4 is 21.8 Å². The quantitative estimate of drug-likeness (QED) is 0.688. The molecular formula is C17H25N3O5S. The highest BCUT2D eigenvalue weighted by Gasteiger charge is 2.34. The summed E-state index contributed by atoms with van der Waals surface area (Å²) in [6.45, 7) is 4.81. The summed E-state index contributed by atoms with van der Waals surface area (Å²) in [4.78, 5) is 23.8. The Morgan fingerprint density at radius 2 is 1.85 bits per heavy atom. The Balaban J connectivity index is 2.01. The lowest BCUT2D eigenvalue weighted by Gasteiger charge is -2.34. The molecule has 0 aliphatic carbocycles. The third kappa shape index (κ3) is 5.26. The van der Waals surface area contributed by atoms with E-state index in [1.807, 2.05) is 13.8 Å². The highest BCUT2D eigenvalue weighted by Crippen LogP contribution is 2.21. The van der Waals surface area contributed by atoms with Crippen LogP contribution in [0.15, 0.2) is 35.2 Å². The fraction of sp³-hybridized carbons (Fsp3) is 0.529. The van der Waals surface area contributed by atoms with Crippen LogP contribution in [0.3, 0.4) is 0 Å². The van der Waals surface area contributed by atoms with E-state index in [1.54, 1.807) is 18.2 Å². The molecule has 144 valence electrons. The molecule has 0 radical (unpaired) electrons. The number of carbonyl (C=O) groups excluding carboxylic acids is 2. The number of ether oxygens (including phenoxy) is 1. The predicted octanol–water partition coefficient (Wildman–Crippen LogP) is 0.312. The topological polar surface area (TPSA) is 105 Å². The first kappa shape index (κ1) is 20.3. The fourth-order valence-electron chi connectivity index (χ4n) is 2.47. The van der Waals surface area contributed by atoms with Crippen molar-refractivity contribution in [3.63, 3.8) is 0 Å². The maximum atomic E-state index is 12.8. The molecule has 9 heteroatoms. The molecule has 1 heterocycles. The summed E-state index contributed by atoms with van der Waals surface area (Å²) >= 11 is 0. The number of carbonyl (C=O) groups is 2. The molecule has 8 nitrogen and oxygen atoms in total. The normalized spacial score (nSPS) is 18.5. The van der Waals surface area contributed by atoms with E-state index >= 15 is 0 Å². The van der Waals surface area contributed by atoms with Crippen LogP contribution < -0.4 is 10.6 Å². The van der Waals surface area contributed by atoms with Crippen molar-refractivity contribution in [3.05, 3.63) is 30.3 Å². The zero-order chi connectivity index (χ0) is 19.2. The summed E-state index contributed by atoms with van der Waals surface area (Å²) in [5.41, 5.74) is 0. The Labute approximate surface area is 153 Å². The average Bonchev–Trinajstić information content (AvgIpc) is 2.65. The molecule has 1 saturated heterocycles. The monoisotopic (exact) mass is 383 g/mol. The number of hydrogen-bond donors (Lipinski definition) is 2. The molecule has 0 unspecified atom stereocenters. The molecule has 26 heavy (non-hydrogen) atoms. The van der Waals surface area contributed by atoms with Crippen molar-refractivity contribution in [3.8, 4) is 0 Å². The number of nitrogens with zero attached hydrogens (tertiary/aromatic N) is 1. The minimum atomic E-state index is -3.74. The van der Waals surface area contributed by atoms with E-state index < -0.39 is 28.1 Å². The number of benzene rings is 1. The Hall–Kier alpha value is -1.97. The third-order valence-electron chi connectivity index (χ3n) is 3.82. The number of rotatable bonds is 6. The van der Waals surface area contributed by atoms with Crippen molar-refractivity contribution in [2.24, 2.45) is 5.92 Å². The second-order valence-corrected chi connectivity index (χ2v) is 8.31. The predicted molar refractivity (Wildman–Crippen MR) is 95.5 cm³/mol. The van der Waals surface area contributed by atoms with Crippen LogP contribution >= 0.6 is 0 Å². The minimum Gasteiger partial charge on any atom is -0.360 e. The van der Waals surface area contributed by atoms with Gasteiger partial charge < -0.3 is 15.4 Å². The van der Waals surface area contributed by atoms with Crippen LogP contribution in [0.2, 0.25) is 0 Å². The Morgan fingerprint density at radius 1 is 1.19 bits per heavy atom. The van der Waals surface area contributed by atoms with Gasteiger partial charge in [0.25, 0.3) is 0 Å². The highest BCUT2D eigenvalue weighted by molar-refractivity contribution is 7.89. The molecule has 1 aliphatic heterocycles. The van der Waals surface area contributed by atoms with Gasteiger partial charge in [-0.1, -0.05) is 32.0 Å². The smallest absolute Gasteiger partial charge is 0.309 e. The van der Waals surface area contributed by atoms with E-state index in [2.05, 4.69) is 10.6 Å². The standard InChI is InChI=1S/C17H25N3O5S/c1-13(2)11-18-16(21)17(22)19-12-15-20(9-6-10-25-15)26(23,24)14-7-4-3-5-8-14/h3-5,7-8,13,15H,6,9-12H2,1-2H3,(H,18,21)(H,19,22)/t15-/m1/s1. The first-order valence-electron chi connectivity index (χ1n) is 8.57. The number of hydrogen-bond acceptors (Lipinski definition) is 5. The van der Waals surface area contributed by atoms with Gasteiger partial charge in [0.05, 0.1) is 18.0 Å². The third-order valence-corrected chi connectivity index (χ3v) is 5.72. The van der Waals surface area contributed by atoms with Gasteiger partial charge in [0, 0.05) is 13.1 Å². The molecule has 1 aliphatic rings. The average molecular weight is 383 g/mol. The van der Waals surface area contributed by atoms with E-state index in [1.165, 1.54) is 16.4 Å². The highest BCUT2D eigenvalue weighted by atomic mass is 32.2. The van der Waals surface area contributed by atoms with Gasteiger partial charge in [-0.05, 0) is 24.5 Å². The molecule has 2 N–H and O–H groups in total. The van der Waals surface area contributed by atoms with Gasteiger partial charge >= 0.3 is 11.8 Å². The van der Waals surface area contributed by atoms with E-state index in [9.17, 15) is 18.0 Å². The first-order chi connectivity index (χ1) is 12.3. The number of sulfonamides is 1. The van der Waals surface area contributed by atoms with Crippen LogP contribution in [-0.2, 0) is 24.3 Å². The second kappa shape index (κ2) is 9.11. The van der Waals surface area contributed by atoms with Crippen LogP contribution in [-0.4, -0.2) is 57.0 Å². The van der Waals surface area contributed by atoms with Crippen LogP contribution in [0, 0.1) is 5.92 Å². The van der Waals surface area contributed by atoms with Gasteiger partial charge in [0.1, 0.15) is 6.23 Å². The minimum absolute atomic E-state index is 0.0972. The molecule has 1 aromatic rings. The van der Waals surface area contributed by atoms with E-state index in [0.717, 1.165) is 0 Å². The lowest BCUT2D eigenvalue weighted by Crippen LogP contribution is -2.53. The molecule has 0 saturated carbocycles. The zero-order valence-electron chi connectivity index (χ0n) is 15.0. The Kier molecular flexibility index (Phi) is 7.13. The molecule has 0 spiro atoms. The molecule has 0 aromatic heterocycles. The molecule has 0 bridgehead atoms. The van der Waals surface area contributed by atoms with Gasteiger partial charge in [0.15, 0.2) is 0 Å². The van der Waals surface area contributed by atoms with Gasteiger partial charge in [0.2, 0.25) is 10.0 Å². The van der Waals surface area contributed by atoms with E-state index in [0.29, 0.717) is 19.6 Å². The summed E-state index contributed by atoms with van der Waals surface area (Å²) in [6.07, 6.45) is -0.290. The van der Waals surface area contributed by atoms with Crippen molar-refractivity contribution in [1.82, 2.24) is 14.9 Å². The zero-order valence-corrected chi connectivity index (χ0v) is 15.8. The number of amides is 2. The largest absolute Gasteiger partial charge is 0.360 e. The van der Waals surface area contributed by atoms with Crippen molar-refractivity contribution < 1.29 is 22.7 Å². The molecule has 1 fully saturated rings. The molecule has 1 atom stereocenters. The van der Waals surface area contributed by atoms with Crippen LogP contribution in [0.1, 0.15) is 20.3 Å². The summed E-state index contributed by atoms with van der Waals surface area (Å²) in [5.74, 6) is -1.33. The lowest BCUT2D eigenvalue weighted by atomic mass is 10.2. The molecule has 1 aromatic carbocycles. The molecule has 2 rings (SSSR count). The second-order valence-electron chi connectivity index (χ2n) is 6.42. The van der Waals surface area contributed by atoms with Crippen LogP contribution in [0.4, 0.5) is 0 Å². The number of nitrogens with one attached hydrogen (secondary N) is 2. The fourth-order valence-corrected chi connectivity index (χ4v) is 4.05. The Bertz CT molecular complexity index is 721. The summed E-state index contributed by atoms with van der Waals surface area (Å²) in [7, 11) is -3.74. The van der Waals surface area contributed by atoms with E-state index in [-0.39, 0.29) is 23.9 Å². The van der Waals surface area contributed by atoms with Gasteiger partial charge in [-0.25, -0.2) is 8.42 Å². The molecular weight excluding hydrogens is 358 g/mol. The summed E-state index contributed by atoms with van der Waals surface area (Å²) in [5, 5.41) is 4.96.